The first-order valence-corrected chi connectivity index (χ1v) is 5.44. The number of carbonyl (C=O) groups is 2. The Bertz CT molecular complexity index is 270. The normalized spacial score (nSPS) is 12.9. The zero-order chi connectivity index (χ0) is 12.9. The topological polar surface area (TPSA) is 74.6 Å². The Labute approximate surface area is 96.0 Å². The van der Waals surface area contributed by atoms with Crippen LogP contribution >= 0.6 is 0 Å². The van der Waals surface area contributed by atoms with Gasteiger partial charge in [-0.15, -0.1) is 0 Å². The van der Waals surface area contributed by atoms with E-state index in [4.69, 9.17) is 10.2 Å². The molecule has 0 amide bonds. The summed E-state index contributed by atoms with van der Waals surface area (Å²) in [5, 5.41) is 18.1. The molecule has 2 N–H and O–H groups in total. The summed E-state index contributed by atoms with van der Waals surface area (Å²) in [6.07, 6.45) is 0.591. The lowest BCUT2D eigenvalue weighted by Gasteiger charge is -2.12. The van der Waals surface area contributed by atoms with E-state index >= 15 is 0 Å². The third kappa shape index (κ3) is 4.96. The molecule has 0 saturated heterocycles. The molecule has 4 heteroatoms. The van der Waals surface area contributed by atoms with Crippen molar-refractivity contribution >= 4 is 11.9 Å². The summed E-state index contributed by atoms with van der Waals surface area (Å²) in [5.74, 6) is -1.97. The molecule has 0 unspecified atom stereocenters. The average molecular weight is 228 g/mol. The fourth-order valence-corrected chi connectivity index (χ4v) is 1.50. The zero-order valence-electron chi connectivity index (χ0n) is 10.3. The molecule has 4 nitrogen and oxygen atoms in total. The molecular formula is C12H20O4. The van der Waals surface area contributed by atoms with E-state index in [1.165, 1.54) is 0 Å². The molecule has 0 aliphatic heterocycles. The van der Waals surface area contributed by atoms with Gasteiger partial charge in [0.05, 0.1) is 0 Å². The first-order valence-electron chi connectivity index (χ1n) is 5.44. The minimum Gasteiger partial charge on any atom is -0.478 e. The Morgan fingerprint density at radius 3 is 1.19 bits per heavy atom. The van der Waals surface area contributed by atoms with Gasteiger partial charge < -0.3 is 10.2 Å². The maximum Gasteiger partial charge on any atom is 0.332 e. The van der Waals surface area contributed by atoms with E-state index < -0.39 is 11.9 Å². The van der Waals surface area contributed by atoms with Crippen LogP contribution in [0.4, 0.5) is 0 Å². The first-order chi connectivity index (χ1) is 7.25. The van der Waals surface area contributed by atoms with E-state index in [-0.39, 0.29) is 23.0 Å². The summed E-state index contributed by atoms with van der Waals surface area (Å²) in [5.41, 5.74) is 0.0763. The number of hydrogen-bond acceptors (Lipinski definition) is 2. The molecule has 0 saturated carbocycles. The predicted molar refractivity (Wildman–Crippen MR) is 61.2 cm³/mol. The standard InChI is InChI=1S/C12H20O4/c1-7(2)5-9(11(13)14)10(12(15)16)6-8(3)4/h7-8H,5-6H2,1-4H3,(H,13,14)(H,15,16). The highest BCUT2D eigenvalue weighted by Crippen LogP contribution is 2.21. The summed E-state index contributed by atoms with van der Waals surface area (Å²) >= 11 is 0. The van der Waals surface area contributed by atoms with E-state index in [1.807, 2.05) is 27.7 Å². The molecule has 0 aliphatic rings. The highest BCUT2D eigenvalue weighted by Gasteiger charge is 2.21. The SMILES string of the molecule is CC(C)CC(C(=O)O)=C(CC(C)C)C(=O)O. The van der Waals surface area contributed by atoms with Crippen molar-refractivity contribution in [2.45, 2.75) is 40.5 Å². The van der Waals surface area contributed by atoms with Crippen molar-refractivity contribution in [1.82, 2.24) is 0 Å². The van der Waals surface area contributed by atoms with E-state index in [9.17, 15) is 9.59 Å². The van der Waals surface area contributed by atoms with Crippen molar-refractivity contribution in [3.8, 4) is 0 Å². The molecule has 0 radical (unpaired) electrons. The second-order valence-electron chi connectivity index (χ2n) is 4.76. The first kappa shape index (κ1) is 14.7. The van der Waals surface area contributed by atoms with Gasteiger partial charge in [-0.05, 0) is 24.7 Å². The number of hydrogen-bond donors (Lipinski definition) is 2. The molecule has 0 aliphatic carbocycles. The van der Waals surface area contributed by atoms with Crippen LogP contribution in [0, 0.1) is 11.8 Å². The lowest BCUT2D eigenvalue weighted by molar-refractivity contribution is -0.136. The summed E-state index contributed by atoms with van der Waals surface area (Å²) in [4.78, 5) is 22.1. The molecule has 0 atom stereocenters. The maximum atomic E-state index is 11.0. The number of aliphatic carboxylic acids is 2. The van der Waals surface area contributed by atoms with Crippen molar-refractivity contribution < 1.29 is 19.8 Å². The minimum atomic E-state index is -1.12. The van der Waals surface area contributed by atoms with E-state index in [0.717, 1.165) is 0 Å². The van der Waals surface area contributed by atoms with Crippen molar-refractivity contribution in [2.24, 2.45) is 11.8 Å². The van der Waals surface area contributed by atoms with Crippen LogP contribution in [0.3, 0.4) is 0 Å². The Balaban J connectivity index is 5.26. The Morgan fingerprint density at radius 2 is 1.06 bits per heavy atom. The van der Waals surface area contributed by atoms with Crippen molar-refractivity contribution in [2.75, 3.05) is 0 Å². The van der Waals surface area contributed by atoms with Crippen LogP contribution in [-0.2, 0) is 9.59 Å². The van der Waals surface area contributed by atoms with Crippen LogP contribution in [-0.4, -0.2) is 22.2 Å². The molecule has 0 aromatic carbocycles. The van der Waals surface area contributed by atoms with E-state index in [0.29, 0.717) is 12.8 Å². The van der Waals surface area contributed by atoms with Gasteiger partial charge in [0.25, 0.3) is 0 Å². The van der Waals surface area contributed by atoms with E-state index in [2.05, 4.69) is 0 Å². The lowest BCUT2D eigenvalue weighted by Crippen LogP contribution is -2.14. The van der Waals surface area contributed by atoms with Gasteiger partial charge in [-0.1, -0.05) is 27.7 Å². The fraction of sp³-hybridized carbons (Fsp3) is 0.667. The quantitative estimate of drug-likeness (QED) is 0.685. The van der Waals surface area contributed by atoms with Gasteiger partial charge in [0.15, 0.2) is 0 Å². The maximum absolute atomic E-state index is 11.0. The van der Waals surface area contributed by atoms with Crippen LogP contribution in [0.5, 0.6) is 0 Å². The van der Waals surface area contributed by atoms with Gasteiger partial charge in [0, 0.05) is 11.1 Å². The predicted octanol–water partition coefficient (Wildman–Crippen LogP) is 2.54. The monoisotopic (exact) mass is 228 g/mol. The number of carboxylic acids is 2. The Kier molecular flexibility index (Phi) is 5.78. The van der Waals surface area contributed by atoms with Gasteiger partial charge in [0.2, 0.25) is 0 Å². The average Bonchev–Trinajstić information content (AvgIpc) is 2.09. The van der Waals surface area contributed by atoms with Crippen LogP contribution in [0.2, 0.25) is 0 Å². The van der Waals surface area contributed by atoms with Crippen molar-refractivity contribution in [3.05, 3.63) is 11.1 Å². The van der Waals surface area contributed by atoms with Gasteiger partial charge in [-0.25, -0.2) is 9.59 Å². The highest BCUT2D eigenvalue weighted by molar-refractivity contribution is 5.98. The second kappa shape index (κ2) is 6.30. The Hall–Kier alpha value is -1.32. The molecule has 0 aromatic heterocycles. The van der Waals surface area contributed by atoms with Crippen LogP contribution < -0.4 is 0 Å². The molecule has 0 aromatic rings. The van der Waals surface area contributed by atoms with Crippen LogP contribution in [0.25, 0.3) is 0 Å². The number of rotatable bonds is 6. The fourth-order valence-electron chi connectivity index (χ4n) is 1.50. The molecule has 0 rings (SSSR count). The summed E-state index contributed by atoms with van der Waals surface area (Å²) in [6, 6.07) is 0. The summed E-state index contributed by atoms with van der Waals surface area (Å²) in [7, 11) is 0. The summed E-state index contributed by atoms with van der Waals surface area (Å²) in [6.45, 7) is 7.49. The minimum absolute atomic E-state index is 0.0381. The summed E-state index contributed by atoms with van der Waals surface area (Å²) < 4.78 is 0. The van der Waals surface area contributed by atoms with Crippen LogP contribution in [0.15, 0.2) is 11.1 Å². The van der Waals surface area contributed by atoms with Crippen molar-refractivity contribution in [3.63, 3.8) is 0 Å². The molecule has 92 valence electrons. The Morgan fingerprint density at radius 1 is 0.812 bits per heavy atom. The third-order valence-corrected chi connectivity index (χ3v) is 2.11. The molecule has 0 bridgehead atoms. The molecule has 0 spiro atoms. The third-order valence-electron chi connectivity index (χ3n) is 2.11. The van der Waals surface area contributed by atoms with Gasteiger partial charge in [-0.2, -0.15) is 0 Å². The second-order valence-corrected chi connectivity index (χ2v) is 4.76. The van der Waals surface area contributed by atoms with Gasteiger partial charge in [-0.3, -0.25) is 0 Å². The molecule has 0 fully saturated rings. The van der Waals surface area contributed by atoms with E-state index in [1.54, 1.807) is 0 Å². The largest absolute Gasteiger partial charge is 0.478 e. The van der Waals surface area contributed by atoms with Crippen molar-refractivity contribution in [1.29, 1.82) is 0 Å². The smallest absolute Gasteiger partial charge is 0.332 e. The van der Waals surface area contributed by atoms with Gasteiger partial charge >= 0.3 is 11.9 Å². The molecular weight excluding hydrogens is 208 g/mol. The van der Waals surface area contributed by atoms with Crippen LogP contribution in [0.1, 0.15) is 40.5 Å². The van der Waals surface area contributed by atoms with Gasteiger partial charge in [0.1, 0.15) is 0 Å². The molecule has 0 heterocycles. The highest BCUT2D eigenvalue weighted by atomic mass is 16.4. The lowest BCUT2D eigenvalue weighted by atomic mass is 9.93. The molecule has 16 heavy (non-hydrogen) atoms. The zero-order valence-corrected chi connectivity index (χ0v) is 10.3. The number of carboxylic acid groups (broad SMARTS) is 2.